The highest BCUT2D eigenvalue weighted by molar-refractivity contribution is 5.87. The minimum atomic E-state index is -4.64. The van der Waals surface area contributed by atoms with Gasteiger partial charge in [-0.15, -0.1) is 0 Å². The molecule has 9 nitrogen and oxygen atoms in total. The van der Waals surface area contributed by atoms with Crippen LogP contribution >= 0.6 is 0 Å². The highest BCUT2D eigenvalue weighted by Gasteiger charge is 2.34. The zero-order chi connectivity index (χ0) is 23.9. The van der Waals surface area contributed by atoms with Crippen LogP contribution < -0.4 is 26.8 Å². The molecular weight excluding hydrogens is 427 g/mol. The van der Waals surface area contributed by atoms with E-state index >= 15 is 0 Å². The first-order valence-corrected chi connectivity index (χ1v) is 9.80. The summed E-state index contributed by atoms with van der Waals surface area (Å²) in [5, 5.41) is 9.74. The number of anilines is 3. The van der Waals surface area contributed by atoms with E-state index in [9.17, 15) is 23.2 Å². The summed E-state index contributed by atoms with van der Waals surface area (Å²) in [5.41, 5.74) is 15.7. The molecule has 32 heavy (non-hydrogen) atoms. The lowest BCUT2D eigenvalue weighted by Gasteiger charge is -2.32. The topological polar surface area (TPSA) is 157 Å². The molecule has 1 atom stereocenters. The van der Waals surface area contributed by atoms with E-state index in [1.54, 1.807) is 6.92 Å². The van der Waals surface area contributed by atoms with Crippen molar-refractivity contribution in [2.45, 2.75) is 38.4 Å². The molecular formula is C20H24F3N7O2. The number of hydrogen-bond donors (Lipinski definition) is 3. The predicted molar refractivity (Wildman–Crippen MR) is 112 cm³/mol. The second-order valence-corrected chi connectivity index (χ2v) is 6.75. The number of carbonyl (C=O) groups is 1. The number of benzene rings is 1. The van der Waals surface area contributed by atoms with Crippen molar-refractivity contribution in [2.75, 3.05) is 23.8 Å². The quantitative estimate of drug-likeness (QED) is 0.465. The van der Waals surface area contributed by atoms with Crippen LogP contribution in [0.5, 0.6) is 5.88 Å². The molecule has 6 N–H and O–H groups in total. The fourth-order valence-electron chi connectivity index (χ4n) is 3.12. The van der Waals surface area contributed by atoms with E-state index in [0.29, 0.717) is 19.4 Å². The lowest BCUT2D eigenvalue weighted by Crippen LogP contribution is -2.43. The zero-order valence-corrected chi connectivity index (χ0v) is 17.4. The highest BCUT2D eigenvalue weighted by atomic mass is 19.4. The number of primary amides is 1. The van der Waals surface area contributed by atoms with Crippen molar-refractivity contribution in [3.8, 4) is 11.9 Å². The Hall–Kier alpha value is -3.59. The summed E-state index contributed by atoms with van der Waals surface area (Å²) in [5.74, 6) is -1.44. The van der Waals surface area contributed by atoms with Gasteiger partial charge in [-0.25, -0.2) is 0 Å². The third-order valence-corrected chi connectivity index (χ3v) is 4.52. The van der Waals surface area contributed by atoms with Crippen LogP contribution in [0.25, 0.3) is 0 Å². The molecule has 0 radical (unpaired) electrons. The molecule has 12 heteroatoms. The Morgan fingerprint density at radius 3 is 2.59 bits per heavy atom. The van der Waals surface area contributed by atoms with E-state index in [2.05, 4.69) is 9.97 Å². The van der Waals surface area contributed by atoms with Crippen molar-refractivity contribution < 1.29 is 22.7 Å². The van der Waals surface area contributed by atoms with Crippen molar-refractivity contribution in [1.82, 2.24) is 9.97 Å². The Kier molecular flexibility index (Phi) is 8.20. The normalized spacial score (nSPS) is 12.1. The number of nitriles is 1. The summed E-state index contributed by atoms with van der Waals surface area (Å²) in [6, 6.07) is 5.03. The summed E-state index contributed by atoms with van der Waals surface area (Å²) in [6.45, 7) is 2.15. The minimum Gasteiger partial charge on any atom is -0.477 e. The first-order chi connectivity index (χ1) is 15.1. The summed E-state index contributed by atoms with van der Waals surface area (Å²) >= 11 is 0. The molecule has 1 aromatic carbocycles. The number of aromatic nitrogens is 2. The number of nitrogen functional groups attached to an aromatic ring is 1. The van der Waals surface area contributed by atoms with Crippen molar-refractivity contribution in [2.24, 2.45) is 11.5 Å². The maximum Gasteiger partial charge on any atom is 0.416 e. The Labute approximate surface area is 183 Å². The number of carbonyl (C=O) groups excluding carboxylic acids is 1. The van der Waals surface area contributed by atoms with Crippen LogP contribution in [0.1, 0.15) is 37.3 Å². The SMILES string of the molecule is CCOc1nc(N)nc(N(c2cccc(C(F)(F)F)c2)[C@H](CCCCN)C(N)=O)c1C#N. The van der Waals surface area contributed by atoms with E-state index in [0.717, 1.165) is 12.1 Å². The van der Waals surface area contributed by atoms with Crippen LogP contribution in [0.2, 0.25) is 0 Å². The number of rotatable bonds is 10. The van der Waals surface area contributed by atoms with Gasteiger partial charge in [-0.05, 0) is 50.9 Å². The molecule has 0 aliphatic carbocycles. The summed E-state index contributed by atoms with van der Waals surface area (Å²) in [4.78, 5) is 21.5. The van der Waals surface area contributed by atoms with Crippen LogP contribution in [0, 0.1) is 11.3 Å². The maximum absolute atomic E-state index is 13.4. The lowest BCUT2D eigenvalue weighted by molar-refractivity contribution is -0.137. The number of ether oxygens (including phenoxy) is 1. The molecule has 1 heterocycles. The van der Waals surface area contributed by atoms with Gasteiger partial charge >= 0.3 is 6.18 Å². The van der Waals surface area contributed by atoms with Gasteiger partial charge in [0.15, 0.2) is 11.4 Å². The van der Waals surface area contributed by atoms with Gasteiger partial charge in [-0.3, -0.25) is 4.79 Å². The van der Waals surface area contributed by atoms with Gasteiger partial charge in [0.25, 0.3) is 0 Å². The number of nitrogens with zero attached hydrogens (tertiary/aromatic N) is 4. The average molecular weight is 451 g/mol. The smallest absolute Gasteiger partial charge is 0.416 e. The Morgan fingerprint density at radius 2 is 2.03 bits per heavy atom. The molecule has 0 aliphatic heterocycles. The second kappa shape index (κ2) is 10.6. The maximum atomic E-state index is 13.4. The van der Waals surface area contributed by atoms with Crippen LogP contribution in [-0.4, -0.2) is 35.1 Å². The highest BCUT2D eigenvalue weighted by Crippen LogP contribution is 2.37. The summed E-state index contributed by atoms with van der Waals surface area (Å²) < 4.78 is 45.5. The monoisotopic (exact) mass is 451 g/mol. The lowest BCUT2D eigenvalue weighted by atomic mass is 10.0. The van der Waals surface area contributed by atoms with E-state index in [4.69, 9.17) is 21.9 Å². The molecule has 2 rings (SSSR count). The van der Waals surface area contributed by atoms with Crippen LogP contribution in [-0.2, 0) is 11.0 Å². The van der Waals surface area contributed by atoms with E-state index in [1.807, 2.05) is 6.07 Å². The number of halogens is 3. The second-order valence-electron chi connectivity index (χ2n) is 6.75. The van der Waals surface area contributed by atoms with E-state index in [1.165, 1.54) is 17.0 Å². The van der Waals surface area contributed by atoms with Gasteiger partial charge < -0.3 is 26.8 Å². The first-order valence-electron chi connectivity index (χ1n) is 9.80. The number of alkyl halides is 3. The van der Waals surface area contributed by atoms with Gasteiger partial charge in [-0.2, -0.15) is 28.4 Å². The Morgan fingerprint density at radius 1 is 1.31 bits per heavy atom. The van der Waals surface area contributed by atoms with Crippen molar-refractivity contribution in [1.29, 1.82) is 5.26 Å². The Bertz CT molecular complexity index is 992. The largest absolute Gasteiger partial charge is 0.477 e. The molecule has 2 aromatic rings. The first kappa shape index (κ1) is 24.7. The number of amides is 1. The summed E-state index contributed by atoms with van der Waals surface area (Å²) in [7, 11) is 0. The fourth-order valence-corrected chi connectivity index (χ4v) is 3.12. The zero-order valence-electron chi connectivity index (χ0n) is 17.4. The third kappa shape index (κ3) is 5.76. The standard InChI is InChI=1S/C20H24F3N7O2/c1-2-32-18-14(11-25)17(28-19(27)29-18)30(15(16(26)31)8-3-4-9-24)13-7-5-6-12(10-13)20(21,22)23/h5-7,10,15H,2-4,8-9,24H2,1H3,(H2,26,31)(H2,27,28,29)/t15-/m1/s1. The van der Waals surface area contributed by atoms with Crippen LogP contribution in [0.4, 0.5) is 30.6 Å². The van der Waals surface area contributed by atoms with Crippen LogP contribution in [0.3, 0.4) is 0 Å². The minimum absolute atomic E-state index is 0.0478. The molecule has 0 bridgehead atoms. The van der Waals surface area contributed by atoms with Gasteiger partial charge in [0, 0.05) is 5.69 Å². The van der Waals surface area contributed by atoms with Crippen molar-refractivity contribution >= 4 is 23.4 Å². The molecule has 1 aromatic heterocycles. The number of unbranched alkanes of at least 4 members (excludes halogenated alkanes) is 1. The molecule has 0 aliphatic rings. The van der Waals surface area contributed by atoms with Gasteiger partial charge in [0.2, 0.25) is 17.7 Å². The van der Waals surface area contributed by atoms with Gasteiger partial charge in [0.1, 0.15) is 12.1 Å². The molecule has 0 spiro atoms. The molecule has 172 valence electrons. The summed E-state index contributed by atoms with van der Waals surface area (Å²) in [6.07, 6.45) is -3.47. The van der Waals surface area contributed by atoms with E-state index in [-0.39, 0.29) is 41.9 Å². The third-order valence-electron chi connectivity index (χ3n) is 4.52. The van der Waals surface area contributed by atoms with Gasteiger partial charge in [-0.1, -0.05) is 6.07 Å². The average Bonchev–Trinajstić information content (AvgIpc) is 2.72. The van der Waals surface area contributed by atoms with Crippen molar-refractivity contribution in [3.63, 3.8) is 0 Å². The van der Waals surface area contributed by atoms with Crippen LogP contribution in [0.15, 0.2) is 24.3 Å². The van der Waals surface area contributed by atoms with E-state index < -0.39 is 23.7 Å². The fraction of sp³-hybridized carbons (Fsp3) is 0.400. The Balaban J connectivity index is 2.78. The molecule has 0 saturated carbocycles. The number of nitrogens with two attached hydrogens (primary N) is 3. The molecule has 1 amide bonds. The molecule has 0 unspecified atom stereocenters. The molecule has 0 saturated heterocycles. The predicted octanol–water partition coefficient (Wildman–Crippen LogP) is 2.47. The van der Waals surface area contributed by atoms with Crippen molar-refractivity contribution in [3.05, 3.63) is 35.4 Å². The number of hydrogen-bond acceptors (Lipinski definition) is 8. The van der Waals surface area contributed by atoms with Gasteiger partial charge in [0.05, 0.1) is 12.2 Å². The molecule has 0 fully saturated rings.